The molecule has 1 N–H and O–H groups in total. The Balaban J connectivity index is 1.79. The lowest BCUT2D eigenvalue weighted by Crippen LogP contribution is -2.67. The Morgan fingerprint density at radius 2 is 2.03 bits per heavy atom. The van der Waals surface area contributed by atoms with Gasteiger partial charge in [-0.2, -0.15) is 0 Å². The molecule has 1 aromatic rings. The lowest BCUT2D eigenvalue weighted by Gasteiger charge is -2.47. The Hall–Kier alpha value is -3.30. The number of amides is 1. The third kappa shape index (κ3) is 3.31. The van der Waals surface area contributed by atoms with E-state index in [9.17, 15) is 14.7 Å². The highest BCUT2D eigenvalue weighted by molar-refractivity contribution is 6.74. The number of hydrogen-bond acceptors (Lipinski definition) is 6. The molecule has 5 atom stereocenters. The molecule has 2 fully saturated rings. The molecule has 2 aliphatic carbocycles. The van der Waals surface area contributed by atoms with Gasteiger partial charge in [0.25, 0.3) is 0 Å². The summed E-state index contributed by atoms with van der Waals surface area (Å²) in [6.45, 7) is 16.3. The van der Waals surface area contributed by atoms with Crippen molar-refractivity contribution in [3.05, 3.63) is 48.6 Å². The highest BCUT2D eigenvalue weighted by Crippen LogP contribution is 2.74. The molecule has 1 saturated carbocycles. The third-order valence-electron chi connectivity index (χ3n) is 8.66. The summed E-state index contributed by atoms with van der Waals surface area (Å²) in [6, 6.07) is 4.50. The van der Waals surface area contributed by atoms with Gasteiger partial charge in [0, 0.05) is 12.0 Å². The number of aliphatic hydroxyl groups is 1. The fourth-order valence-corrected chi connectivity index (χ4v) is 6.75. The monoisotopic (exact) mass is 531 g/mol. The van der Waals surface area contributed by atoms with Crippen LogP contribution in [0.25, 0.3) is 0 Å². The summed E-state index contributed by atoms with van der Waals surface area (Å²) in [6.07, 6.45) is 3.91. The molecule has 0 spiro atoms. The first-order valence-corrected chi connectivity index (χ1v) is 15.7. The zero-order chi connectivity index (χ0) is 27.7. The topological polar surface area (TPSA) is 88.6 Å². The van der Waals surface area contributed by atoms with E-state index < -0.39 is 43.0 Å². The van der Waals surface area contributed by atoms with Crippen LogP contribution in [0.4, 0.5) is 10.5 Å². The minimum atomic E-state index is -2.24. The summed E-state index contributed by atoms with van der Waals surface area (Å²) < 4.78 is 18.7. The van der Waals surface area contributed by atoms with E-state index in [1.165, 1.54) is 23.1 Å². The van der Waals surface area contributed by atoms with Gasteiger partial charge in [0.2, 0.25) is 13.9 Å². The van der Waals surface area contributed by atoms with E-state index in [0.717, 1.165) is 0 Å². The zero-order valence-electron chi connectivity index (χ0n) is 22.7. The van der Waals surface area contributed by atoms with E-state index in [1.807, 2.05) is 6.92 Å². The first kappa shape index (κ1) is 26.3. The van der Waals surface area contributed by atoms with E-state index in [-0.39, 0.29) is 24.0 Å². The van der Waals surface area contributed by atoms with Crippen molar-refractivity contribution >= 4 is 25.9 Å². The van der Waals surface area contributed by atoms with Gasteiger partial charge in [-0.1, -0.05) is 64.0 Å². The van der Waals surface area contributed by atoms with Gasteiger partial charge in [-0.3, -0.25) is 9.69 Å². The van der Waals surface area contributed by atoms with Crippen molar-refractivity contribution in [3.8, 4) is 29.4 Å². The van der Waals surface area contributed by atoms with Gasteiger partial charge < -0.3 is 19.0 Å². The first-order valence-electron chi connectivity index (χ1n) is 12.8. The lowest BCUT2D eigenvalue weighted by molar-refractivity contribution is -0.141. The van der Waals surface area contributed by atoms with Crippen LogP contribution >= 0.6 is 0 Å². The van der Waals surface area contributed by atoms with Gasteiger partial charge in [-0.25, -0.2) is 4.79 Å². The number of Topliss-reactive ketones (excluding diaryl/α,β-unsaturated/α-hetero) is 1. The van der Waals surface area contributed by atoms with E-state index >= 15 is 0 Å². The predicted molar refractivity (Wildman–Crippen MR) is 146 cm³/mol. The minimum Gasteiger partial charge on any atom is -0.543 e. The lowest BCUT2D eigenvalue weighted by atomic mass is 9.57. The number of hydrogen-bond donors (Lipinski definition) is 1. The van der Waals surface area contributed by atoms with Crippen molar-refractivity contribution in [2.75, 3.05) is 11.5 Å². The van der Waals surface area contributed by atoms with Crippen molar-refractivity contribution in [1.82, 2.24) is 0 Å². The number of allylic oxidation sites excluding steroid dienone is 2. The SMILES string of the molecule is C=CCOC(=O)N1c2ccc(O[Si](C)(C)C(C)(C)C)cc2[C@@]23O[C@@]24[C@@H]1C#C/C=C\C#C[C@]3(O)C(=O)C[C@@H]4C. The Morgan fingerprint density at radius 1 is 1.32 bits per heavy atom. The number of anilines is 1. The van der Waals surface area contributed by atoms with Gasteiger partial charge >= 0.3 is 6.09 Å². The summed E-state index contributed by atoms with van der Waals surface area (Å²) >= 11 is 0. The molecule has 198 valence electrons. The maximum Gasteiger partial charge on any atom is 0.415 e. The number of nitrogens with zero attached hydrogens (tertiary/aromatic N) is 1. The highest BCUT2D eigenvalue weighted by Gasteiger charge is 2.90. The van der Waals surface area contributed by atoms with E-state index in [2.05, 4.69) is 64.1 Å². The second kappa shape index (κ2) is 8.35. The van der Waals surface area contributed by atoms with Gasteiger partial charge in [-0.15, -0.1) is 0 Å². The quantitative estimate of drug-likeness (QED) is 0.267. The number of ketones is 1. The molecule has 8 heteroatoms. The molecule has 1 amide bonds. The second-order valence-corrected chi connectivity index (χ2v) is 16.6. The van der Waals surface area contributed by atoms with Crippen molar-refractivity contribution in [3.63, 3.8) is 0 Å². The molecular formula is C30H33NO6Si. The van der Waals surface area contributed by atoms with Gasteiger partial charge in [0.05, 0.1) is 5.69 Å². The molecule has 0 unspecified atom stereocenters. The van der Waals surface area contributed by atoms with Crippen molar-refractivity contribution in [2.24, 2.45) is 5.92 Å². The van der Waals surface area contributed by atoms with Crippen molar-refractivity contribution in [2.45, 2.75) is 75.1 Å². The predicted octanol–water partition coefficient (Wildman–Crippen LogP) is 4.46. The smallest absolute Gasteiger partial charge is 0.415 e. The highest BCUT2D eigenvalue weighted by atomic mass is 28.4. The second-order valence-electron chi connectivity index (χ2n) is 11.9. The fourth-order valence-electron chi connectivity index (χ4n) is 5.72. The Kier molecular flexibility index (Phi) is 5.78. The van der Waals surface area contributed by atoms with Gasteiger partial charge in [-0.05, 0) is 54.4 Å². The number of benzene rings is 1. The molecule has 7 nitrogen and oxygen atoms in total. The fraction of sp³-hybridized carbons (Fsp3) is 0.467. The third-order valence-corrected chi connectivity index (χ3v) is 13.0. The summed E-state index contributed by atoms with van der Waals surface area (Å²) in [5.74, 6) is 11.5. The molecule has 2 aliphatic heterocycles. The Morgan fingerprint density at radius 3 is 2.71 bits per heavy atom. The number of carbonyl (C=O) groups excluding carboxylic acids is 2. The standard InChI is InChI=1S/C30H33NO6Si/c1-8-17-35-26(33)31-23-15-14-21(36-38(6,7)27(3,4)5)19-22(23)30-28(34)16-12-10-9-11-13-24(31)29(30,37-30)20(2)18-25(28)32/h8-10,14-15,19-20,24,34H,1,17-18H2,2-7H3/b10-9-/t20-,24-,28-,29-,30-/m0/s1. The summed E-state index contributed by atoms with van der Waals surface area (Å²) in [7, 11) is -2.24. The molecule has 0 radical (unpaired) electrons. The molecule has 4 aliphatic rings. The van der Waals surface area contributed by atoms with Crippen LogP contribution in [0.1, 0.15) is 39.7 Å². The van der Waals surface area contributed by atoms with Crippen LogP contribution in [-0.2, 0) is 19.9 Å². The Labute approximate surface area is 225 Å². The average Bonchev–Trinajstić information content (AvgIpc) is 3.57. The van der Waals surface area contributed by atoms with E-state index in [1.54, 1.807) is 18.2 Å². The summed E-state index contributed by atoms with van der Waals surface area (Å²) in [4.78, 5) is 28.5. The molecule has 0 aromatic heterocycles. The van der Waals surface area contributed by atoms with E-state index in [4.69, 9.17) is 13.9 Å². The van der Waals surface area contributed by atoms with Crippen LogP contribution in [0.3, 0.4) is 0 Å². The van der Waals surface area contributed by atoms with Crippen LogP contribution < -0.4 is 9.33 Å². The number of carbonyl (C=O) groups is 2. The maximum atomic E-state index is 13.5. The number of ether oxygens (including phenoxy) is 2. The van der Waals surface area contributed by atoms with Crippen molar-refractivity contribution in [1.29, 1.82) is 0 Å². The average molecular weight is 532 g/mol. The molecule has 1 aromatic carbocycles. The van der Waals surface area contributed by atoms with Gasteiger partial charge in [0.1, 0.15) is 24.0 Å². The largest absolute Gasteiger partial charge is 0.543 e. The number of rotatable bonds is 4. The van der Waals surface area contributed by atoms with Gasteiger partial charge in [0.15, 0.2) is 11.4 Å². The summed E-state index contributed by atoms with van der Waals surface area (Å²) in [5.41, 5.74) is -3.95. The molecule has 38 heavy (non-hydrogen) atoms. The van der Waals surface area contributed by atoms with Crippen LogP contribution in [-0.4, -0.2) is 49.2 Å². The number of epoxide rings is 1. The van der Waals surface area contributed by atoms with Crippen LogP contribution in [0.5, 0.6) is 5.75 Å². The maximum absolute atomic E-state index is 13.5. The molecule has 2 heterocycles. The Bertz CT molecular complexity index is 1400. The first-order chi connectivity index (χ1) is 17.8. The van der Waals surface area contributed by atoms with E-state index in [0.29, 0.717) is 17.0 Å². The van der Waals surface area contributed by atoms with Crippen LogP contribution in [0.2, 0.25) is 18.1 Å². The molecule has 1 saturated heterocycles. The molecule has 5 rings (SSSR count). The van der Waals surface area contributed by atoms with Crippen molar-refractivity contribution < 1.29 is 28.6 Å². The van der Waals surface area contributed by atoms with Crippen LogP contribution in [0, 0.1) is 29.6 Å². The number of fused-ring (bicyclic) bond motifs is 1. The van der Waals surface area contributed by atoms with Crippen LogP contribution in [0.15, 0.2) is 43.0 Å². The molecular weight excluding hydrogens is 498 g/mol. The minimum absolute atomic E-state index is 0.0136. The molecule has 4 bridgehead atoms. The zero-order valence-corrected chi connectivity index (χ0v) is 23.7. The normalized spacial score (nSPS) is 33.2. The summed E-state index contributed by atoms with van der Waals surface area (Å²) in [5, 5.41) is 12.0.